The maximum absolute atomic E-state index is 5.71. The Morgan fingerprint density at radius 2 is 2.33 bits per heavy atom. The van der Waals surface area contributed by atoms with Crippen LogP contribution < -0.4 is 4.74 Å². The van der Waals surface area contributed by atoms with Crippen molar-refractivity contribution in [3.63, 3.8) is 0 Å². The van der Waals surface area contributed by atoms with Gasteiger partial charge in [-0.15, -0.1) is 0 Å². The van der Waals surface area contributed by atoms with E-state index in [0.29, 0.717) is 26.4 Å². The van der Waals surface area contributed by atoms with Crippen molar-refractivity contribution in [1.82, 2.24) is 0 Å². The highest BCUT2D eigenvalue weighted by Gasteiger charge is 2.40. The molecule has 116 valence electrons. The molecular weight excluding hydrogens is 272 g/mol. The van der Waals surface area contributed by atoms with E-state index in [4.69, 9.17) is 23.7 Å². The zero-order chi connectivity index (χ0) is 15.1. The minimum Gasteiger partial charge on any atom is -0.497 e. The van der Waals surface area contributed by atoms with E-state index >= 15 is 0 Å². The van der Waals surface area contributed by atoms with Crippen LogP contribution in [0.3, 0.4) is 0 Å². The Morgan fingerprint density at radius 1 is 1.48 bits per heavy atom. The zero-order valence-corrected chi connectivity index (χ0v) is 12.5. The molecule has 21 heavy (non-hydrogen) atoms. The van der Waals surface area contributed by atoms with Crippen LogP contribution in [0.25, 0.3) is 0 Å². The lowest BCUT2D eigenvalue weighted by atomic mass is 10.2. The third kappa shape index (κ3) is 4.28. The van der Waals surface area contributed by atoms with Crippen molar-refractivity contribution < 1.29 is 23.7 Å². The molecule has 0 radical (unpaired) electrons. The van der Waals surface area contributed by atoms with E-state index in [-0.39, 0.29) is 6.10 Å². The molecule has 1 saturated heterocycles. The van der Waals surface area contributed by atoms with Crippen LogP contribution in [0.1, 0.15) is 12.5 Å². The molecule has 5 nitrogen and oxygen atoms in total. The standard InChI is InChI=1S/C16H22O5/c1-4-16(19-5-2)20-12-15(21-16)11-18-10-13-7-6-8-14(9-13)17-3/h4,6-9,15H,1,5,10-12H2,2-3H3. The molecule has 0 N–H and O–H groups in total. The van der Waals surface area contributed by atoms with Crippen molar-refractivity contribution in [3.05, 3.63) is 42.5 Å². The molecular formula is C16H22O5. The summed E-state index contributed by atoms with van der Waals surface area (Å²) in [6.45, 7) is 7.40. The molecule has 2 atom stereocenters. The highest BCUT2D eigenvalue weighted by Crippen LogP contribution is 2.26. The van der Waals surface area contributed by atoms with E-state index in [1.54, 1.807) is 7.11 Å². The van der Waals surface area contributed by atoms with Gasteiger partial charge < -0.3 is 23.7 Å². The molecule has 1 heterocycles. The summed E-state index contributed by atoms with van der Waals surface area (Å²) >= 11 is 0. The van der Waals surface area contributed by atoms with E-state index in [2.05, 4.69) is 6.58 Å². The number of methoxy groups -OCH3 is 1. The summed E-state index contributed by atoms with van der Waals surface area (Å²) in [5.41, 5.74) is 1.05. The second kappa shape index (κ2) is 7.56. The largest absolute Gasteiger partial charge is 0.497 e. The summed E-state index contributed by atoms with van der Waals surface area (Å²) < 4.78 is 27.5. The van der Waals surface area contributed by atoms with Gasteiger partial charge in [0.25, 0.3) is 0 Å². The lowest BCUT2D eigenvalue weighted by Gasteiger charge is -2.23. The average Bonchev–Trinajstić information content (AvgIpc) is 2.92. The number of benzene rings is 1. The molecule has 0 spiro atoms. The van der Waals surface area contributed by atoms with E-state index in [0.717, 1.165) is 11.3 Å². The van der Waals surface area contributed by atoms with Crippen LogP contribution in [0.5, 0.6) is 5.75 Å². The van der Waals surface area contributed by atoms with Crippen LogP contribution in [0.15, 0.2) is 36.9 Å². The summed E-state index contributed by atoms with van der Waals surface area (Å²) in [7, 11) is 1.65. The quantitative estimate of drug-likeness (QED) is 0.689. The molecule has 2 rings (SSSR count). The highest BCUT2D eigenvalue weighted by molar-refractivity contribution is 5.27. The van der Waals surface area contributed by atoms with Crippen LogP contribution in [0.4, 0.5) is 0 Å². The molecule has 1 aliphatic heterocycles. The second-order valence-electron chi connectivity index (χ2n) is 4.66. The first-order valence-electron chi connectivity index (χ1n) is 7.01. The van der Waals surface area contributed by atoms with Crippen molar-refractivity contribution in [2.45, 2.75) is 25.6 Å². The summed E-state index contributed by atoms with van der Waals surface area (Å²) in [6.07, 6.45) is 1.36. The van der Waals surface area contributed by atoms with Gasteiger partial charge in [-0.3, -0.25) is 0 Å². The fraction of sp³-hybridized carbons (Fsp3) is 0.500. The van der Waals surface area contributed by atoms with Gasteiger partial charge in [0.15, 0.2) is 0 Å². The molecule has 2 unspecified atom stereocenters. The topological polar surface area (TPSA) is 46.2 Å². The predicted octanol–water partition coefficient (Wildman–Crippen LogP) is 2.50. The zero-order valence-electron chi connectivity index (χ0n) is 12.5. The molecule has 1 aromatic rings. The van der Waals surface area contributed by atoms with Gasteiger partial charge in [0.1, 0.15) is 11.9 Å². The highest BCUT2D eigenvalue weighted by atomic mass is 16.9. The summed E-state index contributed by atoms with van der Waals surface area (Å²) in [5, 5.41) is 0. The normalized spacial score (nSPS) is 25.0. The first-order chi connectivity index (χ1) is 10.2. The molecule has 0 aliphatic carbocycles. The van der Waals surface area contributed by atoms with Crippen LogP contribution in [-0.4, -0.2) is 39.0 Å². The van der Waals surface area contributed by atoms with E-state index in [1.807, 2.05) is 31.2 Å². The average molecular weight is 294 g/mol. The van der Waals surface area contributed by atoms with E-state index in [9.17, 15) is 0 Å². The van der Waals surface area contributed by atoms with Gasteiger partial charge in [-0.2, -0.15) is 0 Å². The molecule has 1 fully saturated rings. The van der Waals surface area contributed by atoms with Gasteiger partial charge in [-0.05, 0) is 30.7 Å². The van der Waals surface area contributed by atoms with Gasteiger partial charge in [0, 0.05) is 6.61 Å². The van der Waals surface area contributed by atoms with E-state index in [1.165, 1.54) is 6.08 Å². The SMILES string of the molecule is C=CC1(OCC)OCC(COCc2cccc(OC)c2)O1. The second-order valence-corrected chi connectivity index (χ2v) is 4.66. The molecule has 0 amide bonds. The number of hydrogen-bond acceptors (Lipinski definition) is 5. The van der Waals surface area contributed by atoms with Gasteiger partial charge in [0.05, 0.1) is 26.9 Å². The van der Waals surface area contributed by atoms with Gasteiger partial charge in [-0.25, -0.2) is 0 Å². The number of hydrogen-bond donors (Lipinski definition) is 0. The van der Waals surface area contributed by atoms with Gasteiger partial charge >= 0.3 is 5.97 Å². The van der Waals surface area contributed by atoms with Gasteiger partial charge in [-0.1, -0.05) is 18.7 Å². The molecule has 5 heteroatoms. The molecule has 0 bridgehead atoms. The lowest BCUT2D eigenvalue weighted by molar-refractivity contribution is -0.303. The monoisotopic (exact) mass is 294 g/mol. The summed E-state index contributed by atoms with van der Waals surface area (Å²) in [6, 6.07) is 7.77. The van der Waals surface area contributed by atoms with Crippen molar-refractivity contribution in [3.8, 4) is 5.75 Å². The Hall–Kier alpha value is -1.40. The molecule has 0 saturated carbocycles. The summed E-state index contributed by atoms with van der Waals surface area (Å²) in [5.74, 6) is -0.308. The van der Waals surface area contributed by atoms with Crippen LogP contribution >= 0.6 is 0 Å². The number of ether oxygens (including phenoxy) is 5. The Balaban J connectivity index is 1.78. The van der Waals surface area contributed by atoms with Crippen molar-refractivity contribution in [2.24, 2.45) is 0 Å². The lowest BCUT2D eigenvalue weighted by Crippen LogP contribution is -2.32. The third-order valence-corrected chi connectivity index (χ3v) is 3.10. The Morgan fingerprint density at radius 3 is 3.05 bits per heavy atom. The van der Waals surface area contributed by atoms with Gasteiger partial charge in [0.2, 0.25) is 0 Å². The smallest absolute Gasteiger partial charge is 0.304 e. The third-order valence-electron chi connectivity index (χ3n) is 3.10. The van der Waals surface area contributed by atoms with Crippen molar-refractivity contribution in [2.75, 3.05) is 26.9 Å². The minimum absolute atomic E-state index is 0.167. The minimum atomic E-state index is -1.13. The van der Waals surface area contributed by atoms with E-state index < -0.39 is 5.97 Å². The number of rotatable bonds is 8. The molecule has 1 aromatic carbocycles. The first-order valence-corrected chi connectivity index (χ1v) is 7.01. The fourth-order valence-corrected chi connectivity index (χ4v) is 2.10. The van der Waals surface area contributed by atoms with Crippen LogP contribution in [-0.2, 0) is 25.6 Å². The Labute approximate surface area is 125 Å². The van der Waals surface area contributed by atoms with Crippen molar-refractivity contribution >= 4 is 0 Å². The maximum Gasteiger partial charge on any atom is 0.304 e. The Kier molecular flexibility index (Phi) is 5.76. The Bertz CT molecular complexity index is 462. The fourth-order valence-electron chi connectivity index (χ4n) is 2.10. The molecule has 1 aliphatic rings. The molecule has 0 aromatic heterocycles. The van der Waals surface area contributed by atoms with Crippen LogP contribution in [0, 0.1) is 0 Å². The van der Waals surface area contributed by atoms with Crippen molar-refractivity contribution in [1.29, 1.82) is 0 Å². The summed E-state index contributed by atoms with van der Waals surface area (Å²) in [4.78, 5) is 0. The maximum atomic E-state index is 5.71. The predicted molar refractivity (Wildman–Crippen MR) is 78.0 cm³/mol. The first kappa shape index (κ1) is 16.0. The van der Waals surface area contributed by atoms with Crippen LogP contribution in [0.2, 0.25) is 0 Å².